The summed E-state index contributed by atoms with van der Waals surface area (Å²) in [6.45, 7) is 6.07. The zero-order valence-corrected chi connectivity index (χ0v) is 12.7. The summed E-state index contributed by atoms with van der Waals surface area (Å²) in [7, 11) is 0. The number of thiophene rings is 1. The molecule has 1 fully saturated rings. The second-order valence-electron chi connectivity index (χ2n) is 5.41. The van der Waals surface area contributed by atoms with E-state index >= 15 is 0 Å². The highest BCUT2D eigenvalue weighted by Crippen LogP contribution is 2.33. The van der Waals surface area contributed by atoms with Gasteiger partial charge >= 0.3 is 0 Å². The van der Waals surface area contributed by atoms with Gasteiger partial charge < -0.3 is 10.6 Å². The molecule has 2 rings (SSSR count). The first-order valence-corrected chi connectivity index (χ1v) is 8.15. The maximum atomic E-state index is 12.7. The molecule has 1 amide bonds. The third-order valence-corrected chi connectivity index (χ3v) is 5.04. The number of amides is 1. The average molecular weight is 280 g/mol. The van der Waals surface area contributed by atoms with Crippen LogP contribution < -0.4 is 10.6 Å². The molecule has 0 saturated carbocycles. The fraction of sp³-hybridized carbons (Fsp3) is 0.667. The highest BCUT2D eigenvalue weighted by molar-refractivity contribution is 7.10. The van der Waals surface area contributed by atoms with Gasteiger partial charge in [-0.1, -0.05) is 26.3 Å². The molecular formula is C15H24N2OS. The van der Waals surface area contributed by atoms with Crippen molar-refractivity contribution in [1.29, 1.82) is 0 Å². The normalized spacial score (nSPS) is 24.3. The van der Waals surface area contributed by atoms with E-state index in [2.05, 4.69) is 35.9 Å². The summed E-state index contributed by atoms with van der Waals surface area (Å²) >= 11 is 1.72. The van der Waals surface area contributed by atoms with Gasteiger partial charge in [0.05, 0.1) is 11.5 Å². The predicted molar refractivity (Wildman–Crippen MR) is 80.3 cm³/mol. The smallest absolute Gasteiger partial charge is 0.228 e. The quantitative estimate of drug-likeness (QED) is 0.840. The van der Waals surface area contributed by atoms with E-state index in [1.54, 1.807) is 11.3 Å². The highest BCUT2D eigenvalue weighted by Gasteiger charge is 2.40. The van der Waals surface area contributed by atoms with Crippen LogP contribution in [0.2, 0.25) is 0 Å². The molecular weight excluding hydrogens is 256 g/mol. The van der Waals surface area contributed by atoms with Gasteiger partial charge in [0.2, 0.25) is 5.91 Å². The van der Waals surface area contributed by atoms with Crippen molar-refractivity contribution in [2.24, 2.45) is 5.41 Å². The van der Waals surface area contributed by atoms with Crippen molar-refractivity contribution in [1.82, 2.24) is 10.6 Å². The van der Waals surface area contributed by atoms with E-state index in [1.165, 1.54) is 4.88 Å². The highest BCUT2D eigenvalue weighted by atomic mass is 32.1. The van der Waals surface area contributed by atoms with Crippen LogP contribution in [0.1, 0.15) is 50.4 Å². The SMILES string of the molecule is CCCC1(C(=O)NC(CC)c2cccs2)CCNC1. The van der Waals surface area contributed by atoms with Gasteiger partial charge in [-0.25, -0.2) is 0 Å². The van der Waals surface area contributed by atoms with Gasteiger partial charge in [0.1, 0.15) is 0 Å². The molecule has 1 aliphatic rings. The monoisotopic (exact) mass is 280 g/mol. The van der Waals surface area contributed by atoms with Crippen molar-refractivity contribution in [3.63, 3.8) is 0 Å². The van der Waals surface area contributed by atoms with Gasteiger partial charge in [0.15, 0.2) is 0 Å². The first-order valence-electron chi connectivity index (χ1n) is 7.27. The van der Waals surface area contributed by atoms with Crippen LogP contribution in [0.25, 0.3) is 0 Å². The van der Waals surface area contributed by atoms with Crippen LogP contribution >= 0.6 is 11.3 Å². The van der Waals surface area contributed by atoms with E-state index in [0.29, 0.717) is 0 Å². The standard InChI is InChI=1S/C15H24N2OS/c1-3-7-15(8-9-16-11-15)14(18)17-12(4-2)13-6-5-10-19-13/h5-6,10,12,16H,3-4,7-9,11H2,1-2H3,(H,17,18). The second-order valence-corrected chi connectivity index (χ2v) is 6.39. The van der Waals surface area contributed by atoms with Gasteiger partial charge in [-0.15, -0.1) is 11.3 Å². The van der Waals surface area contributed by atoms with E-state index in [0.717, 1.165) is 38.8 Å². The van der Waals surface area contributed by atoms with Gasteiger partial charge in [-0.2, -0.15) is 0 Å². The maximum Gasteiger partial charge on any atom is 0.228 e. The Labute approximate surface area is 119 Å². The Bertz CT molecular complexity index is 396. The van der Waals surface area contributed by atoms with E-state index in [9.17, 15) is 4.79 Å². The Morgan fingerprint density at radius 2 is 2.42 bits per heavy atom. The molecule has 19 heavy (non-hydrogen) atoms. The molecule has 0 bridgehead atoms. The minimum absolute atomic E-state index is 0.168. The molecule has 2 atom stereocenters. The summed E-state index contributed by atoms with van der Waals surface area (Å²) in [5.74, 6) is 0.236. The summed E-state index contributed by atoms with van der Waals surface area (Å²) in [6.07, 6.45) is 3.95. The Balaban J connectivity index is 2.06. The molecule has 0 spiro atoms. The summed E-state index contributed by atoms with van der Waals surface area (Å²) in [5.41, 5.74) is -0.181. The van der Waals surface area contributed by atoms with Gasteiger partial charge in [0, 0.05) is 11.4 Å². The van der Waals surface area contributed by atoms with E-state index in [1.807, 2.05) is 6.07 Å². The number of carbonyl (C=O) groups excluding carboxylic acids is 1. The average Bonchev–Trinajstić information content (AvgIpc) is 3.07. The Kier molecular flexibility index (Phi) is 4.99. The lowest BCUT2D eigenvalue weighted by atomic mass is 9.81. The van der Waals surface area contributed by atoms with Crippen LogP contribution in [0.15, 0.2) is 17.5 Å². The number of hydrogen-bond donors (Lipinski definition) is 2. The minimum atomic E-state index is -0.181. The van der Waals surface area contributed by atoms with Crippen molar-refractivity contribution in [2.75, 3.05) is 13.1 Å². The van der Waals surface area contributed by atoms with Crippen LogP contribution in [0, 0.1) is 5.41 Å². The molecule has 4 heteroatoms. The lowest BCUT2D eigenvalue weighted by Gasteiger charge is -2.29. The summed E-state index contributed by atoms with van der Waals surface area (Å²) in [6, 6.07) is 4.33. The third-order valence-electron chi connectivity index (χ3n) is 4.05. The van der Waals surface area contributed by atoms with E-state index < -0.39 is 0 Å². The van der Waals surface area contributed by atoms with E-state index in [-0.39, 0.29) is 17.4 Å². The largest absolute Gasteiger partial charge is 0.348 e. The number of rotatable bonds is 6. The van der Waals surface area contributed by atoms with Crippen LogP contribution in [-0.2, 0) is 4.79 Å². The molecule has 0 aromatic carbocycles. The van der Waals surface area contributed by atoms with Crippen molar-refractivity contribution < 1.29 is 4.79 Å². The molecule has 0 radical (unpaired) electrons. The summed E-state index contributed by atoms with van der Waals surface area (Å²) in [4.78, 5) is 13.9. The fourth-order valence-corrected chi connectivity index (χ4v) is 3.78. The first-order chi connectivity index (χ1) is 9.22. The van der Waals surface area contributed by atoms with Crippen molar-refractivity contribution in [2.45, 2.75) is 45.6 Å². The molecule has 2 unspecified atom stereocenters. The molecule has 3 nitrogen and oxygen atoms in total. The van der Waals surface area contributed by atoms with Crippen molar-refractivity contribution in [3.05, 3.63) is 22.4 Å². The lowest BCUT2D eigenvalue weighted by molar-refractivity contribution is -0.131. The molecule has 1 aromatic heterocycles. The molecule has 1 aliphatic heterocycles. The minimum Gasteiger partial charge on any atom is -0.348 e. The number of carbonyl (C=O) groups is 1. The van der Waals surface area contributed by atoms with Crippen LogP contribution in [0.5, 0.6) is 0 Å². The Hall–Kier alpha value is -0.870. The lowest BCUT2D eigenvalue weighted by Crippen LogP contribution is -2.43. The van der Waals surface area contributed by atoms with Crippen molar-refractivity contribution >= 4 is 17.2 Å². The number of nitrogens with one attached hydrogen (secondary N) is 2. The molecule has 1 saturated heterocycles. The van der Waals surface area contributed by atoms with Crippen LogP contribution in [0.4, 0.5) is 0 Å². The predicted octanol–water partition coefficient (Wildman–Crippen LogP) is 3.10. The van der Waals surface area contributed by atoms with Gasteiger partial charge in [-0.3, -0.25) is 4.79 Å². The molecule has 2 heterocycles. The first kappa shape index (κ1) is 14.5. The van der Waals surface area contributed by atoms with Crippen LogP contribution in [-0.4, -0.2) is 19.0 Å². The summed E-state index contributed by atoms with van der Waals surface area (Å²) < 4.78 is 0. The van der Waals surface area contributed by atoms with E-state index in [4.69, 9.17) is 0 Å². The zero-order valence-electron chi connectivity index (χ0n) is 11.9. The van der Waals surface area contributed by atoms with Crippen LogP contribution in [0.3, 0.4) is 0 Å². The topological polar surface area (TPSA) is 41.1 Å². The van der Waals surface area contributed by atoms with Gasteiger partial charge in [0.25, 0.3) is 0 Å². The second kappa shape index (κ2) is 6.53. The Morgan fingerprint density at radius 3 is 2.95 bits per heavy atom. The number of hydrogen-bond acceptors (Lipinski definition) is 3. The maximum absolute atomic E-state index is 12.7. The van der Waals surface area contributed by atoms with Gasteiger partial charge in [-0.05, 0) is 37.3 Å². The Morgan fingerprint density at radius 1 is 1.58 bits per heavy atom. The van der Waals surface area contributed by atoms with Crippen molar-refractivity contribution in [3.8, 4) is 0 Å². The molecule has 2 N–H and O–H groups in total. The molecule has 106 valence electrons. The molecule has 1 aromatic rings. The third kappa shape index (κ3) is 3.18. The summed E-state index contributed by atoms with van der Waals surface area (Å²) in [5, 5.41) is 8.69. The fourth-order valence-electron chi connectivity index (χ4n) is 2.92. The molecule has 0 aliphatic carbocycles. The zero-order chi connectivity index (χ0) is 13.7.